The summed E-state index contributed by atoms with van der Waals surface area (Å²) in [6.45, 7) is 0.486. The lowest BCUT2D eigenvalue weighted by Crippen LogP contribution is -2.28. The molecule has 114 valence electrons. The first-order chi connectivity index (χ1) is 9.43. The van der Waals surface area contributed by atoms with E-state index in [2.05, 4.69) is 10.4 Å². The van der Waals surface area contributed by atoms with Crippen molar-refractivity contribution in [2.45, 2.75) is 24.2 Å². The number of hydrogen-bond acceptors (Lipinski definition) is 6. The Bertz CT molecular complexity index is 538. The van der Waals surface area contributed by atoms with Gasteiger partial charge in [0, 0.05) is 26.4 Å². The summed E-state index contributed by atoms with van der Waals surface area (Å²) in [4.78, 5) is 3.87. The smallest absolute Gasteiger partial charge is 0.244 e. The number of nitrogens with two attached hydrogens (primary N) is 1. The van der Waals surface area contributed by atoms with Crippen LogP contribution in [0.2, 0.25) is 5.02 Å². The molecule has 0 aliphatic carbocycles. The molecular formula is C11H19ClN4O3S. The maximum atomic E-state index is 12.3. The highest BCUT2D eigenvalue weighted by molar-refractivity contribution is 7.89. The summed E-state index contributed by atoms with van der Waals surface area (Å²) in [5, 5.41) is 8.82. The Morgan fingerprint density at radius 3 is 2.70 bits per heavy atom. The number of sulfonamides is 1. The number of aromatic nitrogens is 1. The normalized spacial score (nSPS) is 11.8. The molecule has 9 heteroatoms. The van der Waals surface area contributed by atoms with Gasteiger partial charge in [0.15, 0.2) is 5.82 Å². The maximum absolute atomic E-state index is 12.3. The molecule has 0 radical (unpaired) electrons. The summed E-state index contributed by atoms with van der Waals surface area (Å²) in [7, 11) is -2.12. The molecule has 1 aromatic rings. The minimum atomic E-state index is -3.62. The number of rotatable bonds is 8. The largest absolute Gasteiger partial charge is 0.396 e. The third kappa shape index (κ3) is 4.29. The predicted octanol–water partition coefficient (Wildman–Crippen LogP) is 0.804. The van der Waals surface area contributed by atoms with E-state index in [0.29, 0.717) is 19.4 Å². The fourth-order valence-corrected chi connectivity index (χ4v) is 3.06. The van der Waals surface area contributed by atoms with E-state index in [1.165, 1.54) is 23.6 Å². The first kappa shape index (κ1) is 17.1. The van der Waals surface area contributed by atoms with E-state index in [1.807, 2.05) is 0 Å². The van der Waals surface area contributed by atoms with Gasteiger partial charge in [-0.2, -0.15) is 0 Å². The van der Waals surface area contributed by atoms with Crippen LogP contribution >= 0.6 is 11.6 Å². The molecule has 1 heterocycles. The molecular weight excluding hydrogens is 304 g/mol. The van der Waals surface area contributed by atoms with Gasteiger partial charge in [-0.25, -0.2) is 23.5 Å². The number of aliphatic hydroxyl groups is 1. The highest BCUT2D eigenvalue weighted by Gasteiger charge is 2.21. The predicted molar refractivity (Wildman–Crippen MR) is 77.8 cm³/mol. The van der Waals surface area contributed by atoms with Crippen LogP contribution in [0.3, 0.4) is 0 Å². The maximum Gasteiger partial charge on any atom is 0.244 e. The van der Waals surface area contributed by atoms with Crippen LogP contribution < -0.4 is 11.3 Å². The molecule has 0 spiro atoms. The average molecular weight is 323 g/mol. The van der Waals surface area contributed by atoms with E-state index in [-0.39, 0.29) is 22.3 Å². The molecule has 0 bridgehead atoms. The van der Waals surface area contributed by atoms with Gasteiger partial charge >= 0.3 is 0 Å². The molecule has 0 aliphatic rings. The molecule has 1 aromatic heterocycles. The van der Waals surface area contributed by atoms with E-state index >= 15 is 0 Å². The Balaban J connectivity index is 2.79. The van der Waals surface area contributed by atoms with E-state index in [1.54, 1.807) is 0 Å². The van der Waals surface area contributed by atoms with Gasteiger partial charge in [-0.05, 0) is 25.3 Å². The molecule has 1 rings (SSSR count). The van der Waals surface area contributed by atoms with Crippen LogP contribution in [0.15, 0.2) is 17.2 Å². The molecule has 0 fully saturated rings. The van der Waals surface area contributed by atoms with Crippen LogP contribution in [0.5, 0.6) is 0 Å². The van der Waals surface area contributed by atoms with Crippen molar-refractivity contribution >= 4 is 27.4 Å². The summed E-state index contributed by atoms with van der Waals surface area (Å²) in [5.74, 6) is 5.41. The standard InChI is InChI=1S/C11H19ClN4O3S/c1-16(5-3-2-4-6-17)20(18,19)9-7-10(12)11(15-13)14-8-9/h7-8,17H,2-6,13H2,1H3,(H,14,15). The number of hydrogen-bond donors (Lipinski definition) is 3. The third-order valence-electron chi connectivity index (χ3n) is 2.79. The number of pyridine rings is 1. The Hall–Kier alpha value is -0.930. The first-order valence-corrected chi connectivity index (χ1v) is 7.94. The number of halogens is 1. The fourth-order valence-electron chi connectivity index (χ4n) is 1.59. The Morgan fingerprint density at radius 2 is 2.15 bits per heavy atom. The number of hydrazine groups is 1. The summed E-state index contributed by atoms with van der Waals surface area (Å²) in [6.07, 6.45) is 3.32. The minimum absolute atomic E-state index is 0.0196. The highest BCUT2D eigenvalue weighted by Crippen LogP contribution is 2.23. The van der Waals surface area contributed by atoms with Crippen molar-refractivity contribution in [2.24, 2.45) is 5.84 Å². The molecule has 7 nitrogen and oxygen atoms in total. The van der Waals surface area contributed by atoms with E-state index in [9.17, 15) is 8.42 Å². The second-order valence-electron chi connectivity index (χ2n) is 4.26. The van der Waals surface area contributed by atoms with Crippen LogP contribution in [0.1, 0.15) is 19.3 Å². The molecule has 0 saturated carbocycles. The van der Waals surface area contributed by atoms with E-state index in [0.717, 1.165) is 6.42 Å². The molecule has 0 unspecified atom stereocenters. The number of nitrogens with one attached hydrogen (secondary N) is 1. The van der Waals surface area contributed by atoms with Crippen LogP contribution in [0, 0.1) is 0 Å². The molecule has 0 amide bonds. The van der Waals surface area contributed by atoms with Gasteiger partial charge < -0.3 is 10.5 Å². The Morgan fingerprint density at radius 1 is 1.45 bits per heavy atom. The summed E-state index contributed by atoms with van der Waals surface area (Å²) < 4.78 is 25.8. The first-order valence-electron chi connectivity index (χ1n) is 6.13. The molecule has 4 N–H and O–H groups in total. The van der Waals surface area contributed by atoms with Gasteiger partial charge in [0.1, 0.15) is 4.90 Å². The zero-order chi connectivity index (χ0) is 15.2. The summed E-state index contributed by atoms with van der Waals surface area (Å²) >= 11 is 5.87. The number of anilines is 1. The number of nitrogen functional groups attached to an aromatic ring is 1. The lowest BCUT2D eigenvalue weighted by Gasteiger charge is -2.17. The van der Waals surface area contributed by atoms with Crippen molar-refractivity contribution in [1.29, 1.82) is 0 Å². The topological polar surface area (TPSA) is 109 Å². The fraction of sp³-hybridized carbons (Fsp3) is 0.545. The van der Waals surface area contributed by atoms with Crippen molar-refractivity contribution < 1.29 is 13.5 Å². The van der Waals surface area contributed by atoms with Crippen molar-refractivity contribution in [2.75, 3.05) is 25.6 Å². The van der Waals surface area contributed by atoms with Crippen molar-refractivity contribution in [1.82, 2.24) is 9.29 Å². The van der Waals surface area contributed by atoms with Gasteiger partial charge in [-0.15, -0.1) is 0 Å². The second kappa shape index (κ2) is 7.75. The summed E-state index contributed by atoms with van der Waals surface area (Å²) in [6, 6.07) is 1.31. The molecule has 0 aliphatic heterocycles. The van der Waals surface area contributed by atoms with Gasteiger partial charge in [0.05, 0.1) is 5.02 Å². The number of aliphatic hydroxyl groups excluding tert-OH is 1. The second-order valence-corrected chi connectivity index (χ2v) is 6.71. The lowest BCUT2D eigenvalue weighted by atomic mass is 10.2. The Labute approximate surface area is 123 Å². The van der Waals surface area contributed by atoms with Gasteiger partial charge in [-0.1, -0.05) is 11.6 Å². The van der Waals surface area contributed by atoms with Gasteiger partial charge in [-0.3, -0.25) is 0 Å². The van der Waals surface area contributed by atoms with Crippen LogP contribution in [-0.4, -0.2) is 43.0 Å². The Kier molecular flexibility index (Phi) is 6.63. The van der Waals surface area contributed by atoms with Crippen molar-refractivity contribution in [3.63, 3.8) is 0 Å². The van der Waals surface area contributed by atoms with Crippen LogP contribution in [-0.2, 0) is 10.0 Å². The number of nitrogens with zero attached hydrogens (tertiary/aromatic N) is 2. The number of unbranched alkanes of at least 4 members (excludes halogenated alkanes) is 2. The molecule has 0 saturated heterocycles. The van der Waals surface area contributed by atoms with Crippen molar-refractivity contribution in [3.05, 3.63) is 17.3 Å². The monoisotopic (exact) mass is 322 g/mol. The minimum Gasteiger partial charge on any atom is -0.396 e. The molecule has 20 heavy (non-hydrogen) atoms. The van der Waals surface area contributed by atoms with E-state index < -0.39 is 10.0 Å². The van der Waals surface area contributed by atoms with Crippen LogP contribution in [0.25, 0.3) is 0 Å². The summed E-state index contributed by atoms with van der Waals surface area (Å²) in [5.41, 5.74) is 2.28. The zero-order valence-corrected chi connectivity index (χ0v) is 12.8. The quantitative estimate of drug-likeness (QED) is 0.371. The third-order valence-corrected chi connectivity index (χ3v) is 4.90. The van der Waals surface area contributed by atoms with E-state index in [4.69, 9.17) is 22.6 Å². The lowest BCUT2D eigenvalue weighted by molar-refractivity contribution is 0.281. The SMILES string of the molecule is CN(CCCCCO)S(=O)(=O)c1cnc(NN)c(Cl)c1. The van der Waals surface area contributed by atoms with Crippen LogP contribution in [0.4, 0.5) is 5.82 Å². The molecule has 0 atom stereocenters. The van der Waals surface area contributed by atoms with Gasteiger partial charge in [0.2, 0.25) is 10.0 Å². The molecule has 0 aromatic carbocycles. The average Bonchev–Trinajstić information content (AvgIpc) is 2.43. The van der Waals surface area contributed by atoms with Crippen molar-refractivity contribution in [3.8, 4) is 0 Å². The highest BCUT2D eigenvalue weighted by atomic mass is 35.5. The van der Waals surface area contributed by atoms with Gasteiger partial charge in [0.25, 0.3) is 0 Å². The zero-order valence-electron chi connectivity index (χ0n) is 11.2.